The highest BCUT2D eigenvalue weighted by molar-refractivity contribution is 6.21. The summed E-state index contributed by atoms with van der Waals surface area (Å²) in [7, 11) is 1.95. The molecule has 0 aromatic rings. The average molecular weight is 272 g/mol. The Bertz CT molecular complexity index is 270. The van der Waals surface area contributed by atoms with Gasteiger partial charge in [-0.3, -0.25) is 4.79 Å². The Balaban J connectivity index is 1.61. The zero-order chi connectivity index (χ0) is 13.0. The molecule has 1 amide bonds. The van der Waals surface area contributed by atoms with Crippen LogP contribution in [0.1, 0.15) is 57.8 Å². The van der Waals surface area contributed by atoms with Crippen LogP contribution < -0.4 is 0 Å². The van der Waals surface area contributed by atoms with E-state index in [1.165, 1.54) is 32.1 Å². The van der Waals surface area contributed by atoms with Crippen molar-refractivity contribution >= 4 is 17.5 Å². The molecule has 0 aliphatic heterocycles. The maximum Gasteiger partial charge on any atom is 0.222 e. The average Bonchev–Trinajstić information content (AvgIpc) is 2.35. The Morgan fingerprint density at radius 2 is 1.83 bits per heavy atom. The van der Waals surface area contributed by atoms with Gasteiger partial charge in [-0.2, -0.15) is 0 Å². The van der Waals surface area contributed by atoms with Crippen molar-refractivity contribution in [1.82, 2.24) is 4.90 Å². The third-order valence-electron chi connectivity index (χ3n) is 4.63. The van der Waals surface area contributed by atoms with Crippen molar-refractivity contribution in [2.75, 3.05) is 13.6 Å². The molecular weight excluding hydrogens is 246 g/mol. The molecule has 2 aliphatic rings. The van der Waals surface area contributed by atoms with Crippen LogP contribution in [0.25, 0.3) is 0 Å². The number of rotatable bonds is 5. The summed E-state index contributed by atoms with van der Waals surface area (Å²) in [5, 5.41) is 0.362. The molecule has 104 valence electrons. The molecule has 3 heteroatoms. The van der Waals surface area contributed by atoms with Crippen molar-refractivity contribution in [2.45, 2.75) is 63.2 Å². The number of nitrogens with zero attached hydrogens (tertiary/aromatic N) is 1. The van der Waals surface area contributed by atoms with Gasteiger partial charge in [-0.15, -0.1) is 11.6 Å². The van der Waals surface area contributed by atoms with Crippen molar-refractivity contribution in [2.24, 2.45) is 11.8 Å². The third-order valence-corrected chi connectivity index (χ3v) is 4.98. The van der Waals surface area contributed by atoms with Crippen molar-refractivity contribution in [3.63, 3.8) is 0 Å². The summed E-state index contributed by atoms with van der Waals surface area (Å²) in [6.07, 6.45) is 10.8. The molecule has 2 fully saturated rings. The number of hydrogen-bond donors (Lipinski definition) is 0. The van der Waals surface area contributed by atoms with Crippen LogP contribution in [0.4, 0.5) is 0 Å². The highest BCUT2D eigenvalue weighted by Crippen LogP contribution is 2.32. The van der Waals surface area contributed by atoms with E-state index < -0.39 is 0 Å². The Morgan fingerprint density at radius 1 is 1.17 bits per heavy atom. The fraction of sp³-hybridized carbons (Fsp3) is 0.933. The maximum atomic E-state index is 12.0. The Labute approximate surface area is 116 Å². The smallest absolute Gasteiger partial charge is 0.222 e. The number of amides is 1. The normalized spacial score (nSPS) is 28.8. The van der Waals surface area contributed by atoms with Crippen LogP contribution in [0, 0.1) is 11.8 Å². The molecule has 0 radical (unpaired) electrons. The molecule has 0 N–H and O–H groups in total. The molecule has 2 aliphatic carbocycles. The van der Waals surface area contributed by atoms with Crippen LogP contribution in [0.2, 0.25) is 0 Å². The third kappa shape index (κ3) is 4.15. The van der Waals surface area contributed by atoms with Crippen LogP contribution in [0.15, 0.2) is 0 Å². The Hall–Kier alpha value is -0.240. The zero-order valence-electron chi connectivity index (χ0n) is 11.5. The van der Waals surface area contributed by atoms with Gasteiger partial charge in [-0.25, -0.2) is 0 Å². The molecular formula is C15H26ClNO. The van der Waals surface area contributed by atoms with Crippen molar-refractivity contribution < 1.29 is 4.79 Å². The van der Waals surface area contributed by atoms with E-state index in [4.69, 9.17) is 11.6 Å². The van der Waals surface area contributed by atoms with Gasteiger partial charge in [0.15, 0.2) is 0 Å². The SMILES string of the molecule is CN(CC1CC(Cl)C1)C(=O)CCC1CCCCC1. The molecule has 0 aromatic heterocycles. The van der Waals surface area contributed by atoms with Gasteiger partial charge in [0.25, 0.3) is 0 Å². The van der Waals surface area contributed by atoms with Crippen LogP contribution in [0.3, 0.4) is 0 Å². The van der Waals surface area contributed by atoms with Crippen LogP contribution >= 0.6 is 11.6 Å². The minimum absolute atomic E-state index is 0.332. The monoisotopic (exact) mass is 271 g/mol. The Kier molecular flexibility index (Phi) is 5.35. The van der Waals surface area contributed by atoms with Crippen LogP contribution in [-0.4, -0.2) is 29.8 Å². The highest BCUT2D eigenvalue weighted by atomic mass is 35.5. The summed E-state index contributed by atoms with van der Waals surface area (Å²) >= 11 is 5.97. The fourth-order valence-electron chi connectivity index (χ4n) is 3.29. The summed E-state index contributed by atoms with van der Waals surface area (Å²) in [5.74, 6) is 1.79. The quantitative estimate of drug-likeness (QED) is 0.696. The fourth-order valence-corrected chi connectivity index (χ4v) is 3.79. The molecule has 2 rings (SSSR count). The van der Waals surface area contributed by atoms with E-state index in [0.717, 1.165) is 38.1 Å². The van der Waals surface area contributed by atoms with E-state index in [1.54, 1.807) is 0 Å². The first kappa shape index (κ1) is 14.2. The lowest BCUT2D eigenvalue weighted by atomic mass is 9.84. The molecule has 2 nitrogen and oxygen atoms in total. The van der Waals surface area contributed by atoms with Gasteiger partial charge in [-0.1, -0.05) is 32.1 Å². The van der Waals surface area contributed by atoms with Crippen molar-refractivity contribution in [1.29, 1.82) is 0 Å². The van der Waals surface area contributed by atoms with Gasteiger partial charge < -0.3 is 4.90 Å². The largest absolute Gasteiger partial charge is 0.345 e. The molecule has 0 atom stereocenters. The van der Waals surface area contributed by atoms with E-state index in [1.807, 2.05) is 11.9 Å². The van der Waals surface area contributed by atoms with Crippen molar-refractivity contribution in [3.8, 4) is 0 Å². The summed E-state index contributed by atoms with van der Waals surface area (Å²) in [5.41, 5.74) is 0. The molecule has 0 bridgehead atoms. The van der Waals surface area contributed by atoms with Crippen LogP contribution in [-0.2, 0) is 4.79 Å². The first-order valence-electron chi connectivity index (χ1n) is 7.53. The summed E-state index contributed by atoms with van der Waals surface area (Å²) in [6.45, 7) is 0.909. The van der Waals surface area contributed by atoms with E-state index in [2.05, 4.69) is 0 Å². The van der Waals surface area contributed by atoms with Gasteiger partial charge in [0, 0.05) is 25.4 Å². The van der Waals surface area contributed by atoms with Gasteiger partial charge in [0.2, 0.25) is 5.91 Å². The number of hydrogen-bond acceptors (Lipinski definition) is 1. The van der Waals surface area contributed by atoms with Crippen molar-refractivity contribution in [3.05, 3.63) is 0 Å². The van der Waals surface area contributed by atoms with E-state index in [-0.39, 0.29) is 0 Å². The molecule has 0 unspecified atom stereocenters. The standard InChI is InChI=1S/C15H26ClNO/c1-17(11-13-9-14(16)10-13)15(18)8-7-12-5-3-2-4-6-12/h12-14H,2-11H2,1H3. The predicted octanol–water partition coefficient (Wildman–Crippen LogP) is 3.82. The second-order valence-electron chi connectivity index (χ2n) is 6.25. The number of alkyl halides is 1. The first-order chi connectivity index (χ1) is 8.65. The number of carbonyl (C=O) groups excluding carboxylic acids is 1. The second kappa shape index (κ2) is 6.79. The minimum Gasteiger partial charge on any atom is -0.345 e. The number of halogens is 1. The number of carbonyl (C=O) groups is 1. The second-order valence-corrected chi connectivity index (χ2v) is 6.87. The van der Waals surface area contributed by atoms with Gasteiger partial charge in [0.05, 0.1) is 0 Å². The molecule has 0 heterocycles. The minimum atomic E-state index is 0.332. The lowest BCUT2D eigenvalue weighted by molar-refractivity contribution is -0.131. The maximum absolute atomic E-state index is 12.0. The molecule has 0 spiro atoms. The van der Waals surface area contributed by atoms with Gasteiger partial charge in [0.1, 0.15) is 0 Å². The van der Waals surface area contributed by atoms with Gasteiger partial charge >= 0.3 is 0 Å². The van der Waals surface area contributed by atoms with E-state index in [0.29, 0.717) is 17.2 Å². The molecule has 18 heavy (non-hydrogen) atoms. The van der Waals surface area contributed by atoms with Gasteiger partial charge in [-0.05, 0) is 31.1 Å². The van der Waals surface area contributed by atoms with E-state index >= 15 is 0 Å². The molecule has 2 saturated carbocycles. The lowest BCUT2D eigenvalue weighted by Gasteiger charge is -2.34. The highest BCUT2D eigenvalue weighted by Gasteiger charge is 2.29. The Morgan fingerprint density at radius 3 is 2.44 bits per heavy atom. The summed E-state index contributed by atoms with van der Waals surface area (Å²) in [6, 6.07) is 0. The van der Waals surface area contributed by atoms with Crippen LogP contribution in [0.5, 0.6) is 0 Å². The van der Waals surface area contributed by atoms with E-state index in [9.17, 15) is 4.79 Å². The molecule has 0 saturated heterocycles. The zero-order valence-corrected chi connectivity index (χ0v) is 12.3. The summed E-state index contributed by atoms with van der Waals surface area (Å²) in [4.78, 5) is 14.0. The first-order valence-corrected chi connectivity index (χ1v) is 7.97. The predicted molar refractivity (Wildman–Crippen MR) is 75.8 cm³/mol. The molecule has 0 aromatic carbocycles. The summed E-state index contributed by atoms with van der Waals surface area (Å²) < 4.78 is 0. The lowest BCUT2D eigenvalue weighted by Crippen LogP contribution is -2.38. The topological polar surface area (TPSA) is 20.3 Å².